The average molecular weight is 344 g/mol. The van der Waals surface area contributed by atoms with Gasteiger partial charge in [0, 0.05) is 17.6 Å². The van der Waals surface area contributed by atoms with Gasteiger partial charge >= 0.3 is 0 Å². The Morgan fingerprint density at radius 2 is 2.00 bits per heavy atom. The van der Waals surface area contributed by atoms with Crippen LogP contribution in [0.4, 0.5) is 0 Å². The molecular formula is C16H22ClNO3S. The lowest BCUT2D eigenvalue weighted by Gasteiger charge is -2.37. The molecule has 0 amide bonds. The second kappa shape index (κ2) is 6.87. The summed E-state index contributed by atoms with van der Waals surface area (Å²) in [5.74, 6) is 0.184. The fourth-order valence-corrected chi connectivity index (χ4v) is 4.92. The number of ether oxygens (including phenoxy) is 1. The molecular weight excluding hydrogens is 322 g/mol. The van der Waals surface area contributed by atoms with E-state index in [-0.39, 0.29) is 5.75 Å². The van der Waals surface area contributed by atoms with Gasteiger partial charge in [-0.2, -0.15) is 0 Å². The van der Waals surface area contributed by atoms with Crippen molar-refractivity contribution in [2.75, 3.05) is 25.4 Å². The quantitative estimate of drug-likeness (QED) is 0.824. The zero-order valence-electron chi connectivity index (χ0n) is 12.6. The molecule has 1 aliphatic carbocycles. The van der Waals surface area contributed by atoms with Crippen LogP contribution < -0.4 is 0 Å². The van der Waals surface area contributed by atoms with Crippen molar-refractivity contribution in [3.63, 3.8) is 0 Å². The smallest absolute Gasteiger partial charge is 0.178 e. The number of hydrogen-bond acceptors (Lipinski definition) is 4. The van der Waals surface area contributed by atoms with Crippen LogP contribution in [-0.4, -0.2) is 50.9 Å². The first kappa shape index (κ1) is 16.2. The molecule has 122 valence electrons. The van der Waals surface area contributed by atoms with E-state index in [4.69, 9.17) is 16.3 Å². The van der Waals surface area contributed by atoms with E-state index in [9.17, 15) is 8.42 Å². The van der Waals surface area contributed by atoms with Gasteiger partial charge in [-0.25, -0.2) is 8.42 Å². The third-order valence-electron chi connectivity index (χ3n) is 4.63. The lowest BCUT2D eigenvalue weighted by atomic mass is 10.1. The van der Waals surface area contributed by atoms with Gasteiger partial charge in [0.1, 0.15) is 0 Å². The maximum absolute atomic E-state index is 12.3. The average Bonchev–Trinajstić information content (AvgIpc) is 2.97. The molecule has 22 heavy (non-hydrogen) atoms. The Hall–Kier alpha value is -0.620. The Balaban J connectivity index is 1.55. The molecule has 1 aromatic rings. The van der Waals surface area contributed by atoms with Crippen molar-refractivity contribution in [1.29, 1.82) is 0 Å². The molecule has 0 radical (unpaired) electrons. The van der Waals surface area contributed by atoms with Crippen LogP contribution in [0.1, 0.15) is 25.7 Å². The largest absolute Gasteiger partial charge is 0.375 e. The van der Waals surface area contributed by atoms with Crippen LogP contribution in [0.3, 0.4) is 0 Å². The van der Waals surface area contributed by atoms with Crippen LogP contribution >= 0.6 is 11.6 Å². The molecule has 2 fully saturated rings. The minimum absolute atomic E-state index is 0.184. The topological polar surface area (TPSA) is 46.6 Å². The molecule has 0 N–H and O–H groups in total. The Morgan fingerprint density at radius 3 is 2.77 bits per heavy atom. The highest BCUT2D eigenvalue weighted by Gasteiger charge is 2.35. The summed E-state index contributed by atoms with van der Waals surface area (Å²) < 4.78 is 30.4. The van der Waals surface area contributed by atoms with E-state index in [2.05, 4.69) is 4.90 Å². The first-order valence-corrected chi connectivity index (χ1v) is 9.93. The third-order valence-corrected chi connectivity index (χ3v) is 6.70. The minimum Gasteiger partial charge on any atom is -0.375 e. The van der Waals surface area contributed by atoms with Gasteiger partial charge in [-0.15, -0.1) is 0 Å². The van der Waals surface area contributed by atoms with E-state index in [1.54, 1.807) is 24.3 Å². The van der Waals surface area contributed by atoms with Crippen molar-refractivity contribution in [2.45, 2.75) is 42.7 Å². The Kier molecular flexibility index (Phi) is 5.07. The zero-order valence-corrected chi connectivity index (χ0v) is 14.2. The number of rotatable bonds is 5. The van der Waals surface area contributed by atoms with Crippen molar-refractivity contribution in [1.82, 2.24) is 4.90 Å². The van der Waals surface area contributed by atoms with Crippen molar-refractivity contribution >= 4 is 21.4 Å². The van der Waals surface area contributed by atoms with E-state index in [0.29, 0.717) is 28.5 Å². The number of morpholine rings is 1. The van der Waals surface area contributed by atoms with E-state index in [1.807, 2.05) is 0 Å². The maximum Gasteiger partial charge on any atom is 0.178 e. The number of nitrogens with zero attached hydrogens (tertiary/aromatic N) is 1. The fourth-order valence-electron chi connectivity index (χ4n) is 3.50. The monoisotopic (exact) mass is 343 g/mol. The molecule has 0 spiro atoms. The molecule has 1 heterocycles. The predicted octanol–water partition coefficient (Wildman–Crippen LogP) is 2.76. The molecule has 6 heteroatoms. The number of benzene rings is 1. The fraction of sp³-hybridized carbons (Fsp3) is 0.625. The van der Waals surface area contributed by atoms with Gasteiger partial charge in [0.2, 0.25) is 0 Å². The molecule has 0 unspecified atom stereocenters. The predicted molar refractivity (Wildman–Crippen MR) is 87.1 cm³/mol. The molecule has 2 atom stereocenters. The van der Waals surface area contributed by atoms with E-state index >= 15 is 0 Å². The van der Waals surface area contributed by atoms with E-state index in [1.165, 1.54) is 12.8 Å². The summed E-state index contributed by atoms with van der Waals surface area (Å²) in [6.07, 6.45) is 4.56. The summed E-state index contributed by atoms with van der Waals surface area (Å²) in [5, 5.41) is 0.555. The zero-order chi connectivity index (χ0) is 15.6. The lowest BCUT2D eigenvalue weighted by molar-refractivity contribution is -0.0552. The molecule has 1 saturated carbocycles. The summed E-state index contributed by atoms with van der Waals surface area (Å²) in [5.41, 5.74) is 0. The van der Waals surface area contributed by atoms with Gasteiger partial charge in [0.15, 0.2) is 9.84 Å². The summed E-state index contributed by atoms with van der Waals surface area (Å²) >= 11 is 5.81. The number of halogens is 1. The van der Waals surface area contributed by atoms with Crippen LogP contribution in [0.25, 0.3) is 0 Å². The van der Waals surface area contributed by atoms with Crippen molar-refractivity contribution < 1.29 is 13.2 Å². The van der Waals surface area contributed by atoms with Crippen LogP contribution in [0.15, 0.2) is 29.2 Å². The van der Waals surface area contributed by atoms with E-state index in [0.717, 1.165) is 26.1 Å². The van der Waals surface area contributed by atoms with Crippen molar-refractivity contribution in [3.05, 3.63) is 29.3 Å². The van der Waals surface area contributed by atoms with Crippen LogP contribution in [0, 0.1) is 0 Å². The van der Waals surface area contributed by atoms with Crippen molar-refractivity contribution in [2.24, 2.45) is 0 Å². The maximum atomic E-state index is 12.3. The second-order valence-corrected chi connectivity index (χ2v) is 8.62. The second-order valence-electron chi connectivity index (χ2n) is 6.07. The number of fused-ring (bicyclic) bond motifs is 1. The SMILES string of the molecule is O=S(=O)(CCCN1CCO[C@@H]2CCC[C@H]21)c1ccc(Cl)cc1. The Labute approximate surface area is 137 Å². The lowest BCUT2D eigenvalue weighted by Crippen LogP contribution is -2.48. The molecule has 1 saturated heterocycles. The summed E-state index contributed by atoms with van der Waals surface area (Å²) in [4.78, 5) is 2.77. The Bertz CT molecular complexity index is 602. The number of hydrogen-bond donors (Lipinski definition) is 0. The standard InChI is InChI=1S/C16H22ClNO3S/c17-13-5-7-14(8-6-13)22(19,20)12-2-9-18-10-11-21-16-4-1-3-15(16)18/h5-8,15-16H,1-4,9-12H2/t15-,16-/m1/s1. The van der Waals surface area contributed by atoms with Gasteiger partial charge in [0.05, 0.1) is 23.4 Å². The Morgan fingerprint density at radius 1 is 1.23 bits per heavy atom. The first-order valence-electron chi connectivity index (χ1n) is 7.90. The van der Waals surface area contributed by atoms with Crippen molar-refractivity contribution in [3.8, 4) is 0 Å². The van der Waals surface area contributed by atoms with Crippen LogP contribution in [0.2, 0.25) is 5.02 Å². The van der Waals surface area contributed by atoms with Gasteiger partial charge < -0.3 is 4.74 Å². The number of sulfone groups is 1. The molecule has 3 rings (SSSR count). The summed E-state index contributed by atoms with van der Waals surface area (Å²) in [6.45, 7) is 2.52. The summed E-state index contributed by atoms with van der Waals surface area (Å²) in [6, 6.07) is 6.91. The highest BCUT2D eigenvalue weighted by molar-refractivity contribution is 7.91. The minimum atomic E-state index is -3.22. The normalized spacial score (nSPS) is 26.0. The highest BCUT2D eigenvalue weighted by Crippen LogP contribution is 2.29. The molecule has 4 nitrogen and oxygen atoms in total. The molecule has 2 aliphatic rings. The van der Waals surface area contributed by atoms with Crippen LogP contribution in [-0.2, 0) is 14.6 Å². The van der Waals surface area contributed by atoms with Gasteiger partial charge in [0.25, 0.3) is 0 Å². The van der Waals surface area contributed by atoms with Gasteiger partial charge in [-0.05, 0) is 56.5 Å². The highest BCUT2D eigenvalue weighted by atomic mass is 35.5. The molecule has 0 bridgehead atoms. The van der Waals surface area contributed by atoms with Gasteiger partial charge in [-0.1, -0.05) is 11.6 Å². The molecule has 1 aliphatic heterocycles. The summed E-state index contributed by atoms with van der Waals surface area (Å²) in [7, 11) is -3.22. The third kappa shape index (κ3) is 3.65. The van der Waals surface area contributed by atoms with Crippen LogP contribution in [0.5, 0.6) is 0 Å². The van der Waals surface area contributed by atoms with E-state index < -0.39 is 9.84 Å². The molecule has 1 aromatic carbocycles. The first-order chi connectivity index (χ1) is 10.6. The molecule has 0 aromatic heterocycles. The van der Waals surface area contributed by atoms with Gasteiger partial charge in [-0.3, -0.25) is 4.90 Å².